The van der Waals surface area contributed by atoms with Gasteiger partial charge in [0.2, 0.25) is 0 Å². The molecule has 0 aliphatic carbocycles. The van der Waals surface area contributed by atoms with Crippen LogP contribution < -0.4 is 5.49 Å². The van der Waals surface area contributed by atoms with Crippen molar-refractivity contribution in [1.29, 1.82) is 5.26 Å². The number of benzene rings is 2. The minimum absolute atomic E-state index is 0.326. The van der Waals surface area contributed by atoms with Crippen molar-refractivity contribution < 1.29 is 4.79 Å². The van der Waals surface area contributed by atoms with Gasteiger partial charge in [0.1, 0.15) is 5.49 Å². The Kier molecular flexibility index (Phi) is 4.87. The van der Waals surface area contributed by atoms with Gasteiger partial charge in [-0.15, -0.1) is 0 Å². The smallest absolute Gasteiger partial charge is 0.278 e. The first-order chi connectivity index (χ1) is 12.2. The summed E-state index contributed by atoms with van der Waals surface area (Å²) in [5.74, 6) is -0.326. The number of carbonyl (C=O) groups is 1. The number of carbonyl (C=O) groups excluding carboxylic acids is 1. The van der Waals surface area contributed by atoms with E-state index in [1.165, 1.54) is 5.56 Å². The highest BCUT2D eigenvalue weighted by molar-refractivity contribution is 5.94. The number of hydrogen-bond donors (Lipinski definition) is 0. The standard InChI is InChI=1S/C21H17N3O/c1-16-5-7-18(8-6-16)15-24-13-3-2-4-20(24)23-21(25)19-11-9-17(14-22)10-12-19/h2-13H,15H2,1H3. The number of amides is 1. The summed E-state index contributed by atoms with van der Waals surface area (Å²) in [4.78, 5) is 16.6. The van der Waals surface area contributed by atoms with Gasteiger partial charge in [-0.25, -0.2) is 0 Å². The largest absolute Gasteiger partial charge is 0.328 e. The molecule has 0 radical (unpaired) electrons. The van der Waals surface area contributed by atoms with Crippen molar-refractivity contribution in [3.63, 3.8) is 0 Å². The van der Waals surface area contributed by atoms with Gasteiger partial charge >= 0.3 is 0 Å². The lowest BCUT2D eigenvalue weighted by Gasteiger charge is -2.08. The third kappa shape index (κ3) is 4.10. The van der Waals surface area contributed by atoms with E-state index in [4.69, 9.17) is 5.26 Å². The second-order valence-corrected chi connectivity index (χ2v) is 5.78. The van der Waals surface area contributed by atoms with Crippen molar-refractivity contribution in [2.24, 2.45) is 4.99 Å². The minimum Gasteiger partial charge on any atom is -0.328 e. The molecule has 0 saturated heterocycles. The molecule has 0 atom stereocenters. The Hall–Kier alpha value is -3.45. The Labute approximate surface area is 146 Å². The van der Waals surface area contributed by atoms with E-state index in [9.17, 15) is 4.79 Å². The monoisotopic (exact) mass is 327 g/mol. The highest BCUT2D eigenvalue weighted by Crippen LogP contribution is 2.06. The summed E-state index contributed by atoms with van der Waals surface area (Å²) in [7, 11) is 0. The summed E-state index contributed by atoms with van der Waals surface area (Å²) >= 11 is 0. The van der Waals surface area contributed by atoms with Gasteiger partial charge in [0.25, 0.3) is 5.91 Å². The predicted octanol–water partition coefficient (Wildman–Crippen LogP) is 3.46. The molecule has 0 bridgehead atoms. The number of hydrogen-bond acceptors (Lipinski definition) is 2. The summed E-state index contributed by atoms with van der Waals surface area (Å²) in [5.41, 5.74) is 3.93. The van der Waals surface area contributed by atoms with E-state index in [2.05, 4.69) is 36.2 Å². The Morgan fingerprint density at radius 1 is 1.04 bits per heavy atom. The van der Waals surface area contributed by atoms with Crippen molar-refractivity contribution in [3.8, 4) is 6.07 Å². The molecular weight excluding hydrogens is 310 g/mol. The number of nitriles is 1. The van der Waals surface area contributed by atoms with E-state index in [-0.39, 0.29) is 5.91 Å². The molecule has 122 valence electrons. The molecule has 25 heavy (non-hydrogen) atoms. The third-order valence-corrected chi connectivity index (χ3v) is 3.87. The van der Waals surface area contributed by atoms with Gasteiger partial charge < -0.3 is 4.57 Å². The van der Waals surface area contributed by atoms with Gasteiger partial charge in [0, 0.05) is 18.3 Å². The van der Waals surface area contributed by atoms with Gasteiger partial charge in [-0.1, -0.05) is 35.9 Å². The van der Waals surface area contributed by atoms with Crippen LogP contribution in [0.15, 0.2) is 77.9 Å². The molecule has 0 fully saturated rings. The normalized spacial score (nSPS) is 11.1. The lowest BCUT2D eigenvalue weighted by molar-refractivity contribution is 0.0997. The second-order valence-electron chi connectivity index (χ2n) is 5.78. The van der Waals surface area contributed by atoms with Crippen LogP contribution in [0, 0.1) is 18.3 Å². The lowest BCUT2D eigenvalue weighted by atomic mass is 10.1. The fourth-order valence-corrected chi connectivity index (χ4v) is 2.45. The van der Waals surface area contributed by atoms with E-state index in [1.54, 1.807) is 24.3 Å². The van der Waals surface area contributed by atoms with E-state index >= 15 is 0 Å². The van der Waals surface area contributed by atoms with Crippen molar-refractivity contribution in [2.75, 3.05) is 0 Å². The van der Waals surface area contributed by atoms with Crippen molar-refractivity contribution >= 4 is 5.91 Å². The maximum absolute atomic E-state index is 12.4. The fraction of sp³-hybridized carbons (Fsp3) is 0.0952. The van der Waals surface area contributed by atoms with Crippen LogP contribution in [-0.2, 0) is 6.54 Å². The molecule has 3 rings (SSSR count). The van der Waals surface area contributed by atoms with Crippen LogP contribution in [0.5, 0.6) is 0 Å². The fourth-order valence-electron chi connectivity index (χ4n) is 2.45. The lowest BCUT2D eigenvalue weighted by Crippen LogP contribution is -2.22. The first kappa shape index (κ1) is 16.4. The van der Waals surface area contributed by atoms with Gasteiger partial charge in [-0.2, -0.15) is 10.3 Å². The molecule has 0 spiro atoms. The predicted molar refractivity (Wildman–Crippen MR) is 95.8 cm³/mol. The zero-order valence-electron chi connectivity index (χ0n) is 13.9. The van der Waals surface area contributed by atoms with Crippen molar-refractivity contribution in [1.82, 2.24) is 4.57 Å². The topological polar surface area (TPSA) is 58.1 Å². The molecule has 0 aliphatic rings. The van der Waals surface area contributed by atoms with Crippen molar-refractivity contribution in [2.45, 2.75) is 13.5 Å². The number of aryl methyl sites for hydroxylation is 1. The average Bonchev–Trinajstić information content (AvgIpc) is 2.65. The molecule has 2 aromatic carbocycles. The van der Waals surface area contributed by atoms with Crippen molar-refractivity contribution in [3.05, 3.63) is 101 Å². The van der Waals surface area contributed by atoms with Gasteiger partial charge in [-0.05, 0) is 48.9 Å². The molecule has 0 aliphatic heterocycles. The molecule has 3 aromatic rings. The second kappa shape index (κ2) is 7.41. The maximum Gasteiger partial charge on any atom is 0.278 e. The minimum atomic E-state index is -0.326. The summed E-state index contributed by atoms with van der Waals surface area (Å²) in [6.45, 7) is 2.69. The summed E-state index contributed by atoms with van der Waals surface area (Å²) in [6, 6.07) is 22.4. The number of nitrogens with zero attached hydrogens (tertiary/aromatic N) is 3. The average molecular weight is 327 g/mol. The van der Waals surface area contributed by atoms with Crippen LogP contribution in [0.1, 0.15) is 27.0 Å². The number of aromatic nitrogens is 1. The summed E-state index contributed by atoms with van der Waals surface area (Å²) in [6.07, 6.45) is 1.91. The summed E-state index contributed by atoms with van der Waals surface area (Å²) in [5, 5.41) is 8.83. The molecule has 1 amide bonds. The van der Waals surface area contributed by atoms with Crippen LogP contribution in [0.3, 0.4) is 0 Å². The van der Waals surface area contributed by atoms with Crippen LogP contribution in [0.2, 0.25) is 0 Å². The molecule has 0 N–H and O–H groups in total. The van der Waals surface area contributed by atoms with Gasteiger partial charge in [0.05, 0.1) is 11.6 Å². The molecule has 1 heterocycles. The van der Waals surface area contributed by atoms with Crippen LogP contribution in [-0.4, -0.2) is 10.5 Å². The highest BCUT2D eigenvalue weighted by atomic mass is 16.1. The first-order valence-corrected chi connectivity index (χ1v) is 7.96. The SMILES string of the molecule is Cc1ccc(Cn2ccccc2=NC(=O)c2ccc(C#N)cc2)cc1. The summed E-state index contributed by atoms with van der Waals surface area (Å²) < 4.78 is 1.94. The zero-order valence-corrected chi connectivity index (χ0v) is 13.9. The van der Waals surface area contributed by atoms with Crippen LogP contribution >= 0.6 is 0 Å². The van der Waals surface area contributed by atoms with Crippen LogP contribution in [0.4, 0.5) is 0 Å². The number of pyridine rings is 1. The molecule has 4 nitrogen and oxygen atoms in total. The van der Waals surface area contributed by atoms with E-state index in [0.29, 0.717) is 23.2 Å². The molecular formula is C21H17N3O. The molecule has 1 aromatic heterocycles. The first-order valence-electron chi connectivity index (χ1n) is 7.96. The molecule has 0 unspecified atom stereocenters. The van der Waals surface area contributed by atoms with E-state index < -0.39 is 0 Å². The maximum atomic E-state index is 12.4. The van der Waals surface area contributed by atoms with E-state index in [0.717, 1.165) is 5.56 Å². The number of rotatable bonds is 3. The highest BCUT2D eigenvalue weighted by Gasteiger charge is 2.04. The Bertz CT molecular complexity index is 991. The molecule has 4 heteroatoms. The Morgan fingerprint density at radius 2 is 1.76 bits per heavy atom. The Balaban J connectivity index is 1.91. The third-order valence-electron chi connectivity index (χ3n) is 3.87. The zero-order chi connectivity index (χ0) is 17.6. The molecule has 0 saturated carbocycles. The Morgan fingerprint density at radius 3 is 2.44 bits per heavy atom. The quantitative estimate of drug-likeness (QED) is 0.740. The van der Waals surface area contributed by atoms with Crippen LogP contribution in [0.25, 0.3) is 0 Å². The van der Waals surface area contributed by atoms with Gasteiger partial charge in [-0.3, -0.25) is 4.79 Å². The van der Waals surface area contributed by atoms with E-state index in [1.807, 2.05) is 35.0 Å². The van der Waals surface area contributed by atoms with Gasteiger partial charge in [0.15, 0.2) is 0 Å².